The molecule has 1 heterocycles. The number of amides is 1. The van der Waals surface area contributed by atoms with Gasteiger partial charge in [-0.25, -0.2) is 18.8 Å². The summed E-state index contributed by atoms with van der Waals surface area (Å²) >= 11 is 0. The lowest BCUT2D eigenvalue weighted by Crippen LogP contribution is -2.99. The van der Waals surface area contributed by atoms with Crippen LogP contribution in [0, 0.1) is 5.21 Å². The van der Waals surface area contributed by atoms with Gasteiger partial charge in [0.05, 0.1) is 10.6 Å². The molecule has 0 saturated heterocycles. The van der Waals surface area contributed by atoms with Gasteiger partial charge >= 0.3 is 5.88 Å². The standard InChI is InChI=1S/C11H11N3O7S/c12-22(19,20)6-1-2-8(15)7(5-6)13-11(16)9-3-4-10(21-9)14(17)18/h1-5,14-15,17H,(H,13,16)(H2,12,19,20). The molecule has 22 heavy (non-hydrogen) atoms. The first-order chi connectivity index (χ1) is 10.2. The number of furan rings is 1. The molecule has 1 amide bonds. The van der Waals surface area contributed by atoms with Crippen LogP contribution in [0.15, 0.2) is 39.6 Å². The number of hydrogen-bond donors (Lipinski definition) is 5. The van der Waals surface area contributed by atoms with Gasteiger partial charge in [0.2, 0.25) is 10.0 Å². The predicted molar refractivity (Wildman–Crippen MR) is 71.9 cm³/mol. The van der Waals surface area contributed by atoms with Gasteiger partial charge in [0.25, 0.3) is 5.91 Å². The molecule has 2 aromatic rings. The molecule has 0 bridgehead atoms. The number of nitrogens with one attached hydrogen (secondary N) is 2. The van der Waals surface area contributed by atoms with Crippen LogP contribution < -0.4 is 15.7 Å². The molecular weight excluding hydrogens is 318 g/mol. The number of anilines is 1. The minimum Gasteiger partial charge on any atom is -0.592 e. The summed E-state index contributed by atoms with van der Waals surface area (Å²) in [4.78, 5) is 11.6. The second kappa shape index (κ2) is 5.75. The van der Waals surface area contributed by atoms with E-state index in [-0.39, 0.29) is 16.3 Å². The largest absolute Gasteiger partial charge is 0.592 e. The number of aromatic hydroxyl groups is 1. The Bertz CT molecular complexity index is 813. The third-order valence-corrected chi connectivity index (χ3v) is 3.50. The van der Waals surface area contributed by atoms with Crippen molar-refractivity contribution in [3.8, 4) is 5.75 Å². The van der Waals surface area contributed by atoms with Crippen LogP contribution in [0.25, 0.3) is 0 Å². The van der Waals surface area contributed by atoms with E-state index in [0.717, 1.165) is 30.3 Å². The molecule has 0 aliphatic carbocycles. The van der Waals surface area contributed by atoms with Crippen LogP contribution in [0.2, 0.25) is 0 Å². The molecule has 6 N–H and O–H groups in total. The van der Waals surface area contributed by atoms with Gasteiger partial charge in [0.1, 0.15) is 5.75 Å². The smallest absolute Gasteiger partial charge is 0.329 e. The third kappa shape index (κ3) is 3.41. The van der Waals surface area contributed by atoms with E-state index in [1.54, 1.807) is 0 Å². The van der Waals surface area contributed by atoms with Crippen molar-refractivity contribution in [1.29, 1.82) is 0 Å². The van der Waals surface area contributed by atoms with Crippen molar-refractivity contribution < 1.29 is 33.2 Å². The topological polar surface area (TPSA) is 170 Å². The molecule has 0 radical (unpaired) electrons. The Morgan fingerprint density at radius 2 is 2.00 bits per heavy atom. The molecule has 1 atom stereocenters. The number of rotatable bonds is 4. The maximum Gasteiger partial charge on any atom is 0.329 e. The van der Waals surface area contributed by atoms with Crippen molar-refractivity contribution in [2.75, 3.05) is 5.32 Å². The molecule has 118 valence electrons. The summed E-state index contributed by atoms with van der Waals surface area (Å²) in [7, 11) is -4.01. The number of carbonyl (C=O) groups is 1. The zero-order chi connectivity index (χ0) is 16.5. The Morgan fingerprint density at radius 1 is 1.32 bits per heavy atom. The Hall–Kier alpha value is -2.44. The summed E-state index contributed by atoms with van der Waals surface area (Å²) in [6.45, 7) is 0. The van der Waals surface area contributed by atoms with Gasteiger partial charge in [-0.05, 0) is 24.3 Å². The van der Waals surface area contributed by atoms with Crippen LogP contribution in [-0.4, -0.2) is 24.6 Å². The van der Waals surface area contributed by atoms with Crippen molar-refractivity contribution >= 4 is 27.5 Å². The Morgan fingerprint density at radius 3 is 2.55 bits per heavy atom. The lowest BCUT2D eigenvalue weighted by Gasteiger charge is -2.08. The van der Waals surface area contributed by atoms with Crippen molar-refractivity contribution in [3.63, 3.8) is 0 Å². The number of primary sulfonamides is 1. The van der Waals surface area contributed by atoms with Crippen LogP contribution in [-0.2, 0) is 10.0 Å². The number of benzene rings is 1. The molecule has 1 aromatic heterocycles. The van der Waals surface area contributed by atoms with E-state index in [0.29, 0.717) is 0 Å². The van der Waals surface area contributed by atoms with Crippen LogP contribution >= 0.6 is 0 Å². The van der Waals surface area contributed by atoms with Gasteiger partial charge in [-0.1, -0.05) is 0 Å². The average molecular weight is 329 g/mol. The second-order valence-corrected chi connectivity index (χ2v) is 5.71. The fourth-order valence-electron chi connectivity index (χ4n) is 1.55. The van der Waals surface area contributed by atoms with E-state index < -0.39 is 32.8 Å². The second-order valence-electron chi connectivity index (χ2n) is 4.15. The zero-order valence-corrected chi connectivity index (χ0v) is 11.6. The number of sulfonamides is 1. The van der Waals surface area contributed by atoms with Crippen LogP contribution in [0.3, 0.4) is 0 Å². The summed E-state index contributed by atoms with van der Waals surface area (Å²) < 4.78 is 27.2. The molecule has 1 unspecified atom stereocenters. The van der Waals surface area contributed by atoms with E-state index in [9.17, 15) is 23.5 Å². The van der Waals surface area contributed by atoms with E-state index in [1.807, 2.05) is 0 Å². The summed E-state index contributed by atoms with van der Waals surface area (Å²) in [5.41, 5.74) is -0.218. The Balaban J connectivity index is 2.27. The first-order valence-electron chi connectivity index (χ1n) is 5.69. The summed E-state index contributed by atoms with van der Waals surface area (Å²) in [5.74, 6) is -2.02. The molecule has 2 rings (SSSR count). The highest BCUT2D eigenvalue weighted by Crippen LogP contribution is 2.26. The maximum absolute atomic E-state index is 11.9. The SMILES string of the molecule is NS(=O)(=O)c1ccc(O)c(NC(=O)c2ccc([NH+]([O-])O)o2)c1. The van der Waals surface area contributed by atoms with Crippen LogP contribution in [0.1, 0.15) is 10.6 Å². The number of nitrogens with two attached hydrogens (primary N) is 1. The van der Waals surface area contributed by atoms with Crippen molar-refractivity contribution in [3.05, 3.63) is 41.3 Å². The van der Waals surface area contributed by atoms with Crippen LogP contribution in [0.4, 0.5) is 11.6 Å². The van der Waals surface area contributed by atoms with Gasteiger partial charge in [-0.2, -0.15) is 5.23 Å². The first kappa shape index (κ1) is 15.9. The fraction of sp³-hybridized carbons (Fsp3) is 0. The summed E-state index contributed by atoms with van der Waals surface area (Å²) in [6.07, 6.45) is 0. The van der Waals surface area contributed by atoms with Crippen LogP contribution in [0.5, 0.6) is 5.75 Å². The molecule has 1 aromatic carbocycles. The molecule has 11 heteroatoms. The highest BCUT2D eigenvalue weighted by atomic mass is 32.2. The maximum atomic E-state index is 11.9. The molecule has 0 aliphatic heterocycles. The van der Waals surface area contributed by atoms with E-state index in [2.05, 4.69) is 5.32 Å². The summed E-state index contributed by atoms with van der Waals surface area (Å²) in [5, 5.41) is 34.8. The predicted octanol–water partition coefficient (Wildman–Crippen LogP) is -0.712. The minimum atomic E-state index is -4.01. The monoisotopic (exact) mass is 329 g/mol. The number of carbonyl (C=O) groups excluding carboxylic acids is 1. The van der Waals surface area contributed by atoms with Gasteiger partial charge in [0, 0.05) is 6.07 Å². The average Bonchev–Trinajstić information content (AvgIpc) is 2.89. The first-order valence-corrected chi connectivity index (χ1v) is 7.23. The van der Waals surface area contributed by atoms with Crippen molar-refractivity contribution in [1.82, 2.24) is 0 Å². The lowest BCUT2D eigenvalue weighted by molar-refractivity contribution is -0.997. The van der Waals surface area contributed by atoms with E-state index in [4.69, 9.17) is 14.8 Å². The van der Waals surface area contributed by atoms with Gasteiger partial charge < -0.3 is 20.0 Å². The minimum absolute atomic E-state index is 0.218. The molecule has 0 aliphatic rings. The number of phenols is 1. The Labute approximate surface area is 124 Å². The highest BCUT2D eigenvalue weighted by Gasteiger charge is 2.17. The fourth-order valence-corrected chi connectivity index (χ4v) is 2.09. The van der Waals surface area contributed by atoms with Gasteiger partial charge in [0.15, 0.2) is 5.76 Å². The van der Waals surface area contributed by atoms with Crippen molar-refractivity contribution in [2.45, 2.75) is 4.90 Å². The van der Waals surface area contributed by atoms with E-state index in [1.165, 1.54) is 0 Å². The molecule has 0 saturated carbocycles. The van der Waals surface area contributed by atoms with E-state index >= 15 is 0 Å². The normalized spacial score (nSPS) is 12.9. The molecule has 0 fully saturated rings. The van der Waals surface area contributed by atoms with Crippen molar-refractivity contribution in [2.24, 2.45) is 5.14 Å². The molecule has 0 spiro atoms. The third-order valence-electron chi connectivity index (χ3n) is 2.59. The molecular formula is C11H11N3O7S. The lowest BCUT2D eigenvalue weighted by atomic mass is 10.3. The summed E-state index contributed by atoms with van der Waals surface area (Å²) in [6, 6.07) is 5.27. The zero-order valence-electron chi connectivity index (χ0n) is 10.8. The number of phenolic OH excluding ortho intramolecular Hbond substituents is 1. The number of quaternary nitrogens is 1. The number of hydrogen-bond acceptors (Lipinski definition) is 7. The molecule has 10 nitrogen and oxygen atoms in total. The van der Waals surface area contributed by atoms with Gasteiger partial charge in [-0.3, -0.25) is 4.79 Å². The quantitative estimate of drug-likeness (QED) is 0.364. The van der Waals surface area contributed by atoms with Gasteiger partial charge in [-0.15, -0.1) is 0 Å². The Kier molecular flexibility index (Phi) is 4.16. The highest BCUT2D eigenvalue weighted by molar-refractivity contribution is 7.89.